The van der Waals surface area contributed by atoms with Gasteiger partial charge in [0.15, 0.2) is 10.8 Å². The van der Waals surface area contributed by atoms with Crippen LogP contribution in [-0.2, 0) is 0 Å². The Hall–Kier alpha value is -1.36. The van der Waals surface area contributed by atoms with E-state index in [-0.39, 0.29) is 11.9 Å². The van der Waals surface area contributed by atoms with Gasteiger partial charge in [-0.2, -0.15) is 0 Å². The highest BCUT2D eigenvalue weighted by atomic mass is 32.1. The van der Waals surface area contributed by atoms with Crippen molar-refractivity contribution in [2.45, 2.75) is 32.0 Å². The molecule has 1 aromatic carbocycles. The first kappa shape index (κ1) is 11.7. The average molecular weight is 266 g/mol. The summed E-state index contributed by atoms with van der Waals surface area (Å²) in [5, 5.41) is 3.94. The molecule has 18 heavy (non-hydrogen) atoms. The minimum atomic E-state index is -0.438. The van der Waals surface area contributed by atoms with E-state index in [4.69, 9.17) is 17.0 Å². The molecule has 0 radical (unpaired) electrons. The van der Waals surface area contributed by atoms with Crippen LogP contribution in [0.4, 0.5) is 4.39 Å². The smallest absolute Gasteiger partial charge is 0.184 e. The van der Waals surface area contributed by atoms with Crippen molar-refractivity contribution < 1.29 is 9.13 Å². The van der Waals surface area contributed by atoms with E-state index in [0.29, 0.717) is 5.11 Å². The van der Waals surface area contributed by atoms with Crippen LogP contribution in [-0.4, -0.2) is 22.3 Å². The van der Waals surface area contributed by atoms with Gasteiger partial charge in [-0.3, -0.25) is 0 Å². The van der Waals surface area contributed by atoms with E-state index in [0.717, 1.165) is 24.3 Å². The highest BCUT2D eigenvalue weighted by molar-refractivity contribution is 7.80. The van der Waals surface area contributed by atoms with Gasteiger partial charge in [-0.25, -0.2) is 4.39 Å². The van der Waals surface area contributed by atoms with Crippen molar-refractivity contribution in [3.05, 3.63) is 29.6 Å². The molecule has 0 saturated carbocycles. The van der Waals surface area contributed by atoms with Crippen LogP contribution in [0.5, 0.6) is 5.75 Å². The second kappa shape index (κ2) is 3.82. The summed E-state index contributed by atoms with van der Waals surface area (Å²) in [6.07, 6.45) is 0.761. The molecule has 1 saturated heterocycles. The lowest BCUT2D eigenvalue weighted by Crippen LogP contribution is -2.64. The van der Waals surface area contributed by atoms with Crippen LogP contribution in [0.15, 0.2) is 18.2 Å². The highest BCUT2D eigenvalue weighted by Crippen LogP contribution is 2.43. The number of halogens is 1. The minimum absolute atomic E-state index is 0.0322. The van der Waals surface area contributed by atoms with Gasteiger partial charge >= 0.3 is 0 Å². The van der Waals surface area contributed by atoms with Crippen LogP contribution in [0.3, 0.4) is 0 Å². The largest absolute Gasteiger partial charge is 0.468 e. The maximum absolute atomic E-state index is 13.3. The van der Waals surface area contributed by atoms with Crippen LogP contribution in [0.1, 0.15) is 31.9 Å². The number of nitrogens with zero attached hydrogens (tertiary/aromatic N) is 1. The summed E-state index contributed by atoms with van der Waals surface area (Å²) in [6.45, 7) is 4.86. The summed E-state index contributed by atoms with van der Waals surface area (Å²) >= 11 is 5.36. The van der Waals surface area contributed by atoms with Gasteiger partial charge in [0.1, 0.15) is 11.6 Å². The molecule has 0 aromatic heterocycles. The molecule has 5 heteroatoms. The minimum Gasteiger partial charge on any atom is -0.468 e. The summed E-state index contributed by atoms with van der Waals surface area (Å²) in [4.78, 5) is 2.03. The van der Waals surface area contributed by atoms with Crippen LogP contribution in [0, 0.1) is 5.82 Å². The molecule has 0 unspecified atom stereocenters. The molecular weight excluding hydrogens is 251 g/mol. The summed E-state index contributed by atoms with van der Waals surface area (Å²) < 4.78 is 19.4. The van der Waals surface area contributed by atoms with Gasteiger partial charge in [-0.15, -0.1) is 0 Å². The molecule has 2 atom stereocenters. The van der Waals surface area contributed by atoms with Crippen LogP contribution >= 0.6 is 12.2 Å². The maximum Gasteiger partial charge on any atom is 0.184 e. The predicted octanol–water partition coefficient (Wildman–Crippen LogP) is 2.58. The van der Waals surface area contributed by atoms with Crippen molar-refractivity contribution in [1.29, 1.82) is 0 Å². The Kier molecular flexibility index (Phi) is 2.48. The Morgan fingerprint density at radius 1 is 1.61 bits per heavy atom. The Morgan fingerprint density at radius 2 is 2.39 bits per heavy atom. The van der Waals surface area contributed by atoms with Gasteiger partial charge < -0.3 is 15.0 Å². The van der Waals surface area contributed by atoms with Crippen LogP contribution in [0.2, 0.25) is 0 Å². The van der Waals surface area contributed by atoms with E-state index in [1.807, 2.05) is 18.7 Å². The number of ether oxygens (including phenoxy) is 1. The van der Waals surface area contributed by atoms with Gasteiger partial charge in [0.05, 0.1) is 6.04 Å². The van der Waals surface area contributed by atoms with E-state index in [9.17, 15) is 4.39 Å². The van der Waals surface area contributed by atoms with Crippen molar-refractivity contribution in [2.24, 2.45) is 0 Å². The fourth-order valence-corrected chi connectivity index (χ4v) is 3.33. The van der Waals surface area contributed by atoms with E-state index in [2.05, 4.69) is 5.32 Å². The second-order valence-corrected chi connectivity index (χ2v) is 5.30. The van der Waals surface area contributed by atoms with Crippen molar-refractivity contribution in [1.82, 2.24) is 10.2 Å². The molecule has 2 aliphatic heterocycles. The number of benzene rings is 1. The van der Waals surface area contributed by atoms with Crippen molar-refractivity contribution in [3.63, 3.8) is 0 Å². The molecular formula is C13H15FN2OS. The van der Waals surface area contributed by atoms with Gasteiger partial charge in [0.2, 0.25) is 0 Å². The first-order valence-electron chi connectivity index (χ1n) is 6.10. The molecule has 1 aromatic rings. The van der Waals surface area contributed by atoms with Crippen LogP contribution in [0.25, 0.3) is 0 Å². The van der Waals surface area contributed by atoms with E-state index >= 15 is 0 Å². The number of nitrogens with one attached hydrogen (secondary N) is 1. The molecule has 1 fully saturated rings. The summed E-state index contributed by atoms with van der Waals surface area (Å²) in [5.74, 6) is 0.496. The molecule has 1 N–H and O–H groups in total. The van der Waals surface area contributed by atoms with Gasteiger partial charge in [0.25, 0.3) is 0 Å². The number of hydrogen-bond donors (Lipinski definition) is 1. The Balaban J connectivity index is 2.08. The predicted molar refractivity (Wildman–Crippen MR) is 70.9 cm³/mol. The second-order valence-electron chi connectivity index (χ2n) is 4.91. The molecule has 3 nitrogen and oxygen atoms in total. The van der Waals surface area contributed by atoms with Crippen LogP contribution < -0.4 is 10.1 Å². The standard InChI is InChI=1S/C13H15FN2OS/c1-3-16-12(18)15-10-7-13(16,2)17-11-5-4-8(14)6-9(10)11/h4-6,10H,3,7H2,1-2H3,(H,15,18)/t10-,13-/m1/s1. The number of fused-ring (bicyclic) bond motifs is 4. The van der Waals surface area contributed by atoms with Gasteiger partial charge in [0, 0.05) is 18.5 Å². The molecule has 2 aliphatic rings. The average Bonchev–Trinajstić information content (AvgIpc) is 2.30. The molecule has 0 spiro atoms. The zero-order valence-corrected chi connectivity index (χ0v) is 11.2. The lowest BCUT2D eigenvalue weighted by Gasteiger charge is -2.52. The molecule has 0 amide bonds. The summed E-state index contributed by atoms with van der Waals surface area (Å²) in [5.41, 5.74) is 0.414. The topological polar surface area (TPSA) is 24.5 Å². The zero-order valence-electron chi connectivity index (χ0n) is 10.4. The summed E-state index contributed by atoms with van der Waals surface area (Å²) in [6, 6.07) is 4.68. The van der Waals surface area contributed by atoms with Crippen molar-refractivity contribution in [2.75, 3.05) is 6.54 Å². The number of rotatable bonds is 1. The zero-order chi connectivity index (χ0) is 12.9. The molecule has 3 rings (SSSR count). The maximum atomic E-state index is 13.3. The highest BCUT2D eigenvalue weighted by Gasteiger charge is 2.46. The lowest BCUT2D eigenvalue weighted by atomic mass is 9.90. The summed E-state index contributed by atoms with van der Waals surface area (Å²) in [7, 11) is 0. The monoisotopic (exact) mass is 266 g/mol. The van der Waals surface area contributed by atoms with Gasteiger partial charge in [-0.05, 0) is 44.3 Å². The van der Waals surface area contributed by atoms with E-state index in [1.165, 1.54) is 12.1 Å². The first-order chi connectivity index (χ1) is 8.53. The molecule has 0 aliphatic carbocycles. The van der Waals surface area contributed by atoms with E-state index < -0.39 is 5.72 Å². The fourth-order valence-electron chi connectivity index (χ4n) is 2.87. The Morgan fingerprint density at radius 3 is 3.11 bits per heavy atom. The Bertz CT molecular complexity index is 522. The third-order valence-corrected chi connectivity index (χ3v) is 4.03. The SMILES string of the molecule is CCN1C(=S)N[C@@H]2C[C@@]1(C)Oc1ccc(F)cc12. The fraction of sp³-hybridized carbons (Fsp3) is 0.462. The quantitative estimate of drug-likeness (QED) is 0.790. The van der Waals surface area contributed by atoms with E-state index in [1.54, 1.807) is 6.07 Å². The lowest BCUT2D eigenvalue weighted by molar-refractivity contribution is -0.0659. The Labute approximate surface area is 111 Å². The third kappa shape index (κ3) is 1.57. The molecule has 2 bridgehead atoms. The third-order valence-electron chi connectivity index (χ3n) is 3.69. The van der Waals surface area contributed by atoms with Gasteiger partial charge in [-0.1, -0.05) is 0 Å². The number of hydrogen-bond acceptors (Lipinski definition) is 2. The van der Waals surface area contributed by atoms with Crippen molar-refractivity contribution in [3.8, 4) is 5.75 Å². The normalized spacial score (nSPS) is 29.4. The first-order valence-corrected chi connectivity index (χ1v) is 6.51. The number of thiocarbonyl (C=S) groups is 1. The molecule has 96 valence electrons. The van der Waals surface area contributed by atoms with Crippen molar-refractivity contribution >= 4 is 17.3 Å². The molecule has 2 heterocycles.